The number of benzene rings is 1. The maximum atomic E-state index is 5.58. The van der Waals surface area contributed by atoms with Gasteiger partial charge in [-0.25, -0.2) is 4.42 Å². The highest BCUT2D eigenvalue weighted by molar-refractivity contribution is 7.07. The first-order valence-corrected chi connectivity index (χ1v) is 4.98. The minimum atomic E-state index is 0.874. The Morgan fingerprint density at radius 2 is 1.54 bits per heavy atom. The minimum absolute atomic E-state index is 0.874. The molecule has 0 radical (unpaired) electrons. The summed E-state index contributed by atoms with van der Waals surface area (Å²) in [5, 5.41) is 4.00. The molecule has 0 aliphatic heterocycles. The predicted octanol–water partition coefficient (Wildman–Crippen LogP) is 3.06. The molecule has 13 heavy (non-hydrogen) atoms. The highest BCUT2D eigenvalue weighted by Crippen LogP contribution is 2.10. The van der Waals surface area contributed by atoms with Crippen LogP contribution in [-0.2, 0) is 0 Å². The van der Waals surface area contributed by atoms with E-state index in [4.69, 9.17) is 4.42 Å². The van der Waals surface area contributed by atoms with Crippen LogP contribution in [0.3, 0.4) is 0 Å². The van der Waals surface area contributed by atoms with Gasteiger partial charge in [-0.1, -0.05) is 18.2 Å². The summed E-state index contributed by atoms with van der Waals surface area (Å²) in [5.41, 5.74) is 0.880. The summed E-state index contributed by atoms with van der Waals surface area (Å²) >= 11 is 1.65. The van der Waals surface area contributed by atoms with Crippen LogP contribution in [0.15, 0.2) is 57.6 Å². The van der Waals surface area contributed by atoms with Crippen molar-refractivity contribution < 1.29 is 0 Å². The number of para-hydroxylation sites is 1. The van der Waals surface area contributed by atoms with Crippen molar-refractivity contribution in [1.82, 2.24) is 0 Å². The summed E-state index contributed by atoms with van der Waals surface area (Å²) in [4.78, 5) is 0. The lowest BCUT2D eigenvalue weighted by Gasteiger charge is -1.78. The smallest absolute Gasteiger partial charge is 0.208 e. The molecule has 0 amide bonds. The molecule has 0 unspecified atom stereocenters. The molecule has 1 heterocycles. The van der Waals surface area contributed by atoms with Gasteiger partial charge in [0.05, 0.1) is 12.1 Å². The van der Waals surface area contributed by atoms with Crippen LogP contribution < -0.4 is 5.43 Å². The van der Waals surface area contributed by atoms with Gasteiger partial charge in [-0.15, -0.1) is 0 Å². The van der Waals surface area contributed by atoms with Gasteiger partial charge in [-0.3, -0.25) is 0 Å². The van der Waals surface area contributed by atoms with Crippen LogP contribution in [0.1, 0.15) is 0 Å². The first kappa shape index (κ1) is 8.20. The van der Waals surface area contributed by atoms with Gasteiger partial charge in [-0.05, 0) is 0 Å². The Morgan fingerprint density at radius 3 is 2.23 bits per heavy atom. The summed E-state index contributed by atoms with van der Waals surface area (Å²) in [5.74, 6) is 0.874. The summed E-state index contributed by atoms with van der Waals surface area (Å²) in [7, 11) is 0. The molecule has 0 aliphatic carbocycles. The van der Waals surface area contributed by atoms with Crippen LogP contribution in [-0.4, -0.2) is 0 Å². The summed E-state index contributed by atoms with van der Waals surface area (Å²) in [6.45, 7) is 0. The van der Waals surface area contributed by atoms with Crippen LogP contribution in [0.2, 0.25) is 0 Å². The fourth-order valence-electron chi connectivity index (χ4n) is 1.01. The van der Waals surface area contributed by atoms with Gasteiger partial charge in [0.2, 0.25) is 0 Å². The molecule has 64 valence electrons. The van der Waals surface area contributed by atoms with E-state index in [0.717, 1.165) is 11.2 Å². The molecule has 0 aliphatic rings. The zero-order valence-corrected chi connectivity index (χ0v) is 7.83. The van der Waals surface area contributed by atoms with Gasteiger partial charge in [0.15, 0.2) is 0 Å². The zero-order valence-electron chi connectivity index (χ0n) is 7.01. The van der Waals surface area contributed by atoms with Crippen molar-refractivity contribution in [3.63, 3.8) is 0 Å². The van der Waals surface area contributed by atoms with Crippen LogP contribution in [0.5, 0.6) is 5.75 Å². The maximum absolute atomic E-state index is 5.58. The van der Waals surface area contributed by atoms with Crippen molar-refractivity contribution in [1.29, 1.82) is 0 Å². The van der Waals surface area contributed by atoms with E-state index >= 15 is 0 Å². The molecule has 1 aromatic heterocycles. The van der Waals surface area contributed by atoms with Crippen LogP contribution in [0.4, 0.5) is 0 Å². The topological polar surface area (TPSA) is 11.3 Å². The summed E-state index contributed by atoms with van der Waals surface area (Å²) in [6, 6.07) is 13.7. The maximum Gasteiger partial charge on any atom is 0.355 e. The highest BCUT2D eigenvalue weighted by atomic mass is 32.1. The van der Waals surface area contributed by atoms with Crippen LogP contribution in [0, 0.1) is 0 Å². The first-order valence-electron chi connectivity index (χ1n) is 4.03. The molecule has 2 heteroatoms. The van der Waals surface area contributed by atoms with Gasteiger partial charge < -0.3 is 0 Å². The second-order valence-corrected chi connectivity index (χ2v) is 3.38. The van der Waals surface area contributed by atoms with E-state index in [1.165, 1.54) is 0 Å². The lowest BCUT2D eigenvalue weighted by atomic mass is 10.3. The largest absolute Gasteiger partial charge is 0.355 e. The lowest BCUT2D eigenvalue weighted by Crippen LogP contribution is -1.94. The van der Waals surface area contributed by atoms with E-state index < -0.39 is 0 Å². The Morgan fingerprint density at radius 1 is 0.846 bits per heavy atom. The lowest BCUT2D eigenvalue weighted by molar-refractivity contribution is 1.53. The van der Waals surface area contributed by atoms with Gasteiger partial charge >= 0.3 is 11.2 Å². The van der Waals surface area contributed by atoms with Crippen molar-refractivity contribution in [2.75, 3.05) is 0 Å². The third kappa shape index (κ3) is 2.26. The molecule has 0 spiro atoms. The third-order valence-electron chi connectivity index (χ3n) is 1.60. The molecular weight excluding hydrogens is 180 g/mol. The first-order chi connectivity index (χ1) is 6.45. The zero-order chi connectivity index (χ0) is 8.93. The van der Waals surface area contributed by atoms with E-state index in [0.29, 0.717) is 0 Å². The fraction of sp³-hybridized carbons (Fsp3) is 0. The molecule has 0 atom stereocenters. The second-order valence-electron chi connectivity index (χ2n) is 2.56. The molecule has 0 saturated carbocycles. The average molecular weight is 189 g/mol. The van der Waals surface area contributed by atoms with Gasteiger partial charge in [0.25, 0.3) is 0 Å². The van der Waals surface area contributed by atoms with Gasteiger partial charge in [-0.2, -0.15) is 11.3 Å². The summed E-state index contributed by atoms with van der Waals surface area (Å²) in [6.07, 6.45) is 0. The van der Waals surface area contributed by atoms with Crippen molar-refractivity contribution in [3.8, 4) is 5.75 Å². The molecule has 0 N–H and O–H groups in total. The van der Waals surface area contributed by atoms with Crippen molar-refractivity contribution in [3.05, 3.63) is 63.1 Å². The average Bonchev–Trinajstić information content (AvgIpc) is 2.21. The highest BCUT2D eigenvalue weighted by Gasteiger charge is 1.98. The van der Waals surface area contributed by atoms with E-state index in [-0.39, 0.29) is 0 Å². The minimum Gasteiger partial charge on any atom is -0.208 e. The van der Waals surface area contributed by atoms with Gasteiger partial charge in [0.1, 0.15) is 0 Å². The number of hydrogen-bond acceptors (Lipinski definition) is 1. The van der Waals surface area contributed by atoms with Crippen LogP contribution in [0.25, 0.3) is 0 Å². The quantitative estimate of drug-likeness (QED) is 0.611. The Bertz CT molecular complexity index is 414. The molecule has 0 fully saturated rings. The van der Waals surface area contributed by atoms with E-state index in [1.54, 1.807) is 11.3 Å². The molecule has 0 bridgehead atoms. The second kappa shape index (κ2) is 4.01. The number of hydrogen-bond donors (Lipinski definition) is 0. The van der Waals surface area contributed by atoms with Crippen molar-refractivity contribution >= 4 is 11.3 Å². The monoisotopic (exact) mass is 189 g/mol. The SMILES string of the molecule is c1ccc([O+]=c2ccscc2)cc1. The Balaban J connectivity index is 2.43. The molecule has 1 nitrogen and oxygen atoms in total. The number of rotatable bonds is 1. The summed E-state index contributed by atoms with van der Waals surface area (Å²) < 4.78 is 5.58. The van der Waals surface area contributed by atoms with Crippen molar-refractivity contribution in [2.24, 2.45) is 0 Å². The van der Waals surface area contributed by atoms with E-state index in [9.17, 15) is 0 Å². The Labute approximate surface area is 80.6 Å². The van der Waals surface area contributed by atoms with Crippen LogP contribution >= 0.6 is 11.3 Å². The van der Waals surface area contributed by atoms with Gasteiger partial charge in [0, 0.05) is 22.9 Å². The van der Waals surface area contributed by atoms with E-state index in [1.807, 2.05) is 53.2 Å². The third-order valence-corrected chi connectivity index (χ3v) is 2.19. The normalized spacial score (nSPS) is 9.54. The fourth-order valence-corrected chi connectivity index (χ4v) is 1.52. The molecule has 2 rings (SSSR count). The molecule has 2 aromatic rings. The molecule has 1 aromatic carbocycles. The molecular formula is C11H9OS+. The standard InChI is InChI=1S/C11H9OS/c1-2-4-10(5-3-1)12-11-6-8-13-9-7-11/h1-9H/q+1. The Kier molecular flexibility index (Phi) is 2.53. The molecule has 0 saturated heterocycles. The van der Waals surface area contributed by atoms with E-state index in [2.05, 4.69) is 0 Å². The predicted molar refractivity (Wildman–Crippen MR) is 56.5 cm³/mol. The van der Waals surface area contributed by atoms with Crippen molar-refractivity contribution in [2.45, 2.75) is 0 Å². The Hall–Kier alpha value is -1.41.